The number of nitrogens with zero attached hydrogens (tertiary/aromatic N) is 4. The van der Waals surface area contributed by atoms with Gasteiger partial charge in [0, 0.05) is 6.20 Å². The molecular formula is C16H11BrN4OS. The number of fused-ring (bicyclic) bond motifs is 1. The third-order valence-electron chi connectivity index (χ3n) is 3.41. The fraction of sp³-hybridized carbons (Fsp3) is 0.0625. The number of benzene rings is 1. The molecule has 0 fully saturated rings. The molecule has 0 aliphatic heterocycles. The lowest BCUT2D eigenvalue weighted by molar-refractivity contribution is 0.416. The van der Waals surface area contributed by atoms with Crippen LogP contribution in [0, 0.1) is 0 Å². The smallest absolute Gasteiger partial charge is 0.253 e. The first-order valence-electron chi connectivity index (χ1n) is 6.87. The van der Waals surface area contributed by atoms with Gasteiger partial charge in [-0.25, -0.2) is 4.98 Å². The van der Waals surface area contributed by atoms with Gasteiger partial charge in [0.15, 0.2) is 5.82 Å². The van der Waals surface area contributed by atoms with Gasteiger partial charge in [0.25, 0.3) is 5.78 Å². The van der Waals surface area contributed by atoms with Gasteiger partial charge in [0.1, 0.15) is 5.75 Å². The van der Waals surface area contributed by atoms with Crippen LogP contribution in [0.4, 0.5) is 0 Å². The SMILES string of the molecule is COc1ccccc1-c1nc2nccc(-c3ccc(Br)s3)n2n1. The van der Waals surface area contributed by atoms with E-state index >= 15 is 0 Å². The van der Waals surface area contributed by atoms with Crippen LogP contribution in [0.15, 0.2) is 52.4 Å². The Balaban J connectivity index is 1.92. The molecule has 4 rings (SSSR count). The van der Waals surface area contributed by atoms with Crippen molar-refractivity contribution >= 4 is 33.0 Å². The summed E-state index contributed by atoms with van der Waals surface area (Å²) in [7, 11) is 1.64. The first-order valence-corrected chi connectivity index (χ1v) is 8.48. The summed E-state index contributed by atoms with van der Waals surface area (Å²) in [6, 6.07) is 13.7. The minimum Gasteiger partial charge on any atom is -0.496 e. The maximum absolute atomic E-state index is 5.40. The second kappa shape index (κ2) is 5.75. The zero-order valence-corrected chi connectivity index (χ0v) is 14.5. The molecule has 5 nitrogen and oxygen atoms in total. The number of ether oxygens (including phenoxy) is 1. The van der Waals surface area contributed by atoms with Crippen LogP contribution in [0.2, 0.25) is 0 Å². The number of aromatic nitrogens is 4. The van der Waals surface area contributed by atoms with E-state index in [0.29, 0.717) is 11.6 Å². The van der Waals surface area contributed by atoms with Crippen molar-refractivity contribution in [1.29, 1.82) is 0 Å². The molecule has 0 spiro atoms. The Morgan fingerprint density at radius 2 is 2.00 bits per heavy atom. The van der Waals surface area contributed by atoms with Crippen LogP contribution >= 0.6 is 27.3 Å². The molecule has 0 saturated heterocycles. The summed E-state index contributed by atoms with van der Waals surface area (Å²) in [5.74, 6) is 1.90. The Morgan fingerprint density at radius 1 is 1.13 bits per heavy atom. The van der Waals surface area contributed by atoms with Crippen molar-refractivity contribution in [3.8, 4) is 27.7 Å². The molecule has 23 heavy (non-hydrogen) atoms. The largest absolute Gasteiger partial charge is 0.496 e. The van der Waals surface area contributed by atoms with Crippen LogP contribution in [-0.2, 0) is 0 Å². The van der Waals surface area contributed by atoms with Crippen LogP contribution in [0.5, 0.6) is 5.75 Å². The Bertz CT molecular complexity index is 995. The number of halogens is 1. The van der Waals surface area contributed by atoms with E-state index in [4.69, 9.17) is 4.74 Å². The van der Waals surface area contributed by atoms with Crippen LogP contribution in [0.1, 0.15) is 0 Å². The van der Waals surface area contributed by atoms with Crippen molar-refractivity contribution in [2.24, 2.45) is 0 Å². The molecule has 0 aliphatic rings. The maximum atomic E-state index is 5.40. The van der Waals surface area contributed by atoms with Crippen molar-refractivity contribution in [2.45, 2.75) is 0 Å². The minimum absolute atomic E-state index is 0.563. The summed E-state index contributed by atoms with van der Waals surface area (Å²) in [6.07, 6.45) is 1.75. The number of hydrogen-bond acceptors (Lipinski definition) is 5. The minimum atomic E-state index is 0.563. The molecule has 0 atom stereocenters. The Morgan fingerprint density at radius 3 is 2.78 bits per heavy atom. The van der Waals surface area contributed by atoms with Crippen molar-refractivity contribution in [2.75, 3.05) is 7.11 Å². The summed E-state index contributed by atoms with van der Waals surface area (Å²) >= 11 is 5.14. The topological polar surface area (TPSA) is 52.3 Å². The van der Waals surface area contributed by atoms with E-state index in [0.717, 1.165) is 25.7 Å². The molecule has 0 bridgehead atoms. The number of methoxy groups -OCH3 is 1. The standard InChI is InChI=1S/C16H11BrN4OS/c1-22-12-5-3-2-4-10(12)15-19-16-18-9-8-11(21(16)20-15)13-6-7-14(17)23-13/h2-9H,1H3. The average Bonchev–Trinajstić information content (AvgIpc) is 3.20. The van der Waals surface area contributed by atoms with Crippen LogP contribution in [-0.4, -0.2) is 26.7 Å². The average molecular weight is 387 g/mol. The zero-order chi connectivity index (χ0) is 15.8. The molecule has 0 radical (unpaired) electrons. The molecule has 4 aromatic rings. The number of thiophene rings is 1. The Kier molecular flexibility index (Phi) is 3.59. The fourth-order valence-electron chi connectivity index (χ4n) is 2.38. The van der Waals surface area contributed by atoms with E-state index < -0.39 is 0 Å². The van der Waals surface area contributed by atoms with E-state index in [-0.39, 0.29) is 0 Å². The highest BCUT2D eigenvalue weighted by atomic mass is 79.9. The van der Waals surface area contributed by atoms with Crippen molar-refractivity contribution < 1.29 is 4.74 Å². The lowest BCUT2D eigenvalue weighted by atomic mass is 10.2. The summed E-state index contributed by atoms with van der Waals surface area (Å²) in [6.45, 7) is 0. The fourth-order valence-corrected chi connectivity index (χ4v) is 3.77. The number of hydrogen-bond donors (Lipinski definition) is 0. The van der Waals surface area contributed by atoms with Gasteiger partial charge in [0.05, 0.1) is 27.0 Å². The van der Waals surface area contributed by atoms with Gasteiger partial charge in [-0.1, -0.05) is 12.1 Å². The third kappa shape index (κ3) is 2.51. The second-order valence-corrected chi connectivity index (χ2v) is 7.24. The third-order valence-corrected chi connectivity index (χ3v) is 5.06. The summed E-state index contributed by atoms with van der Waals surface area (Å²) in [4.78, 5) is 9.95. The van der Waals surface area contributed by atoms with Gasteiger partial charge in [-0.2, -0.15) is 9.50 Å². The summed E-state index contributed by atoms with van der Waals surface area (Å²) in [5.41, 5.74) is 1.80. The molecule has 7 heteroatoms. The van der Waals surface area contributed by atoms with Gasteiger partial charge in [-0.3, -0.25) is 0 Å². The van der Waals surface area contributed by atoms with Gasteiger partial charge >= 0.3 is 0 Å². The number of rotatable bonds is 3. The highest BCUT2D eigenvalue weighted by Gasteiger charge is 2.15. The lowest BCUT2D eigenvalue weighted by Gasteiger charge is -2.03. The van der Waals surface area contributed by atoms with Gasteiger partial charge in [-0.05, 0) is 46.3 Å². The van der Waals surface area contributed by atoms with E-state index in [1.165, 1.54) is 0 Å². The van der Waals surface area contributed by atoms with Gasteiger partial charge in [-0.15, -0.1) is 16.4 Å². The predicted molar refractivity (Wildman–Crippen MR) is 93.8 cm³/mol. The highest BCUT2D eigenvalue weighted by Crippen LogP contribution is 2.32. The van der Waals surface area contributed by atoms with Crippen molar-refractivity contribution in [3.05, 3.63) is 52.4 Å². The molecule has 0 N–H and O–H groups in total. The van der Waals surface area contributed by atoms with E-state index in [1.54, 1.807) is 29.2 Å². The molecular weight excluding hydrogens is 376 g/mol. The van der Waals surface area contributed by atoms with E-state index in [1.807, 2.05) is 42.5 Å². The summed E-state index contributed by atoms with van der Waals surface area (Å²) < 4.78 is 8.24. The molecule has 0 unspecified atom stereocenters. The molecule has 3 aromatic heterocycles. The molecule has 3 heterocycles. The van der Waals surface area contributed by atoms with Crippen LogP contribution < -0.4 is 4.74 Å². The highest BCUT2D eigenvalue weighted by molar-refractivity contribution is 9.11. The van der Waals surface area contributed by atoms with Gasteiger partial charge < -0.3 is 4.74 Å². The maximum Gasteiger partial charge on any atom is 0.253 e. The Labute approximate surface area is 144 Å². The van der Waals surface area contributed by atoms with E-state index in [2.05, 4.69) is 31.0 Å². The van der Waals surface area contributed by atoms with Crippen molar-refractivity contribution in [3.63, 3.8) is 0 Å². The second-order valence-electron chi connectivity index (χ2n) is 4.78. The van der Waals surface area contributed by atoms with Gasteiger partial charge in [0.2, 0.25) is 0 Å². The van der Waals surface area contributed by atoms with Crippen molar-refractivity contribution in [1.82, 2.24) is 19.6 Å². The normalized spacial score (nSPS) is 11.0. The lowest BCUT2D eigenvalue weighted by Crippen LogP contribution is -1.94. The molecule has 0 amide bonds. The first kappa shape index (κ1) is 14.3. The summed E-state index contributed by atoms with van der Waals surface area (Å²) in [5, 5.41) is 4.63. The zero-order valence-electron chi connectivity index (χ0n) is 12.1. The predicted octanol–water partition coefficient (Wildman–Crippen LogP) is 4.29. The molecule has 0 saturated carbocycles. The molecule has 114 valence electrons. The monoisotopic (exact) mass is 386 g/mol. The first-order chi connectivity index (χ1) is 11.3. The molecule has 0 aliphatic carbocycles. The molecule has 1 aromatic carbocycles. The van der Waals surface area contributed by atoms with E-state index in [9.17, 15) is 0 Å². The van der Waals surface area contributed by atoms with Crippen LogP contribution in [0.25, 0.3) is 27.7 Å². The quantitative estimate of drug-likeness (QED) is 0.526. The number of para-hydroxylation sites is 1. The Hall–Kier alpha value is -2.25. The van der Waals surface area contributed by atoms with Crippen LogP contribution in [0.3, 0.4) is 0 Å².